The quantitative estimate of drug-likeness (QED) is 0.708. The SMILES string of the molecule is NC(=O)c1nc(Cl)c2cccnc2c1O. The van der Waals surface area contributed by atoms with Gasteiger partial charge in [0.05, 0.1) is 0 Å². The van der Waals surface area contributed by atoms with Crippen LogP contribution >= 0.6 is 11.6 Å². The Bertz CT molecular complexity index is 556. The van der Waals surface area contributed by atoms with Crippen LogP contribution in [0.25, 0.3) is 10.9 Å². The highest BCUT2D eigenvalue weighted by Gasteiger charge is 2.16. The van der Waals surface area contributed by atoms with Crippen LogP contribution in [0.15, 0.2) is 18.3 Å². The van der Waals surface area contributed by atoms with Crippen molar-refractivity contribution in [2.45, 2.75) is 0 Å². The molecule has 2 rings (SSSR count). The molecule has 0 aliphatic rings. The van der Waals surface area contributed by atoms with Crippen molar-refractivity contribution in [3.8, 4) is 5.75 Å². The van der Waals surface area contributed by atoms with E-state index in [9.17, 15) is 9.90 Å². The van der Waals surface area contributed by atoms with Gasteiger partial charge >= 0.3 is 0 Å². The van der Waals surface area contributed by atoms with Crippen LogP contribution in [-0.4, -0.2) is 21.0 Å². The zero-order valence-electron chi connectivity index (χ0n) is 7.44. The van der Waals surface area contributed by atoms with Crippen LogP contribution in [0.2, 0.25) is 5.15 Å². The molecule has 0 fully saturated rings. The summed E-state index contributed by atoms with van der Waals surface area (Å²) in [6.07, 6.45) is 1.48. The van der Waals surface area contributed by atoms with Crippen molar-refractivity contribution >= 4 is 28.4 Å². The molecule has 0 aliphatic heterocycles. The first-order valence-corrected chi connectivity index (χ1v) is 4.42. The minimum atomic E-state index is -0.845. The summed E-state index contributed by atoms with van der Waals surface area (Å²) in [5, 5.41) is 10.2. The molecule has 0 aliphatic carbocycles. The molecule has 6 heteroatoms. The highest BCUT2D eigenvalue weighted by molar-refractivity contribution is 6.34. The lowest BCUT2D eigenvalue weighted by Crippen LogP contribution is -2.13. The predicted molar refractivity (Wildman–Crippen MR) is 54.7 cm³/mol. The number of rotatable bonds is 1. The zero-order chi connectivity index (χ0) is 11.0. The Morgan fingerprint density at radius 3 is 2.93 bits per heavy atom. The summed E-state index contributed by atoms with van der Waals surface area (Å²) in [6, 6.07) is 3.29. The largest absolute Gasteiger partial charge is 0.504 e. The summed E-state index contributed by atoms with van der Waals surface area (Å²) in [7, 11) is 0. The smallest absolute Gasteiger partial charge is 0.271 e. The number of carbonyl (C=O) groups excluding carboxylic acids is 1. The molecule has 0 spiro atoms. The summed E-state index contributed by atoms with van der Waals surface area (Å²) in [4.78, 5) is 18.5. The van der Waals surface area contributed by atoms with Crippen LogP contribution in [0.4, 0.5) is 0 Å². The molecule has 15 heavy (non-hydrogen) atoms. The van der Waals surface area contributed by atoms with Crippen molar-refractivity contribution < 1.29 is 9.90 Å². The lowest BCUT2D eigenvalue weighted by atomic mass is 10.2. The van der Waals surface area contributed by atoms with Crippen molar-refractivity contribution in [2.75, 3.05) is 0 Å². The Balaban J connectivity index is 2.90. The van der Waals surface area contributed by atoms with E-state index in [1.807, 2.05) is 0 Å². The molecule has 0 bridgehead atoms. The minimum absolute atomic E-state index is 0.0877. The third-order valence-electron chi connectivity index (χ3n) is 1.92. The van der Waals surface area contributed by atoms with Gasteiger partial charge in [0.25, 0.3) is 5.91 Å². The van der Waals surface area contributed by atoms with Gasteiger partial charge in [-0.2, -0.15) is 0 Å². The molecule has 5 nitrogen and oxygen atoms in total. The Hall–Kier alpha value is -1.88. The first-order valence-electron chi connectivity index (χ1n) is 4.04. The van der Waals surface area contributed by atoms with E-state index in [1.54, 1.807) is 12.1 Å². The standard InChI is InChI=1S/C9H6ClN3O2/c10-8-4-2-1-3-12-5(4)7(14)6(13-8)9(11)15/h1-3,14H,(H2,11,15). The predicted octanol–water partition coefficient (Wildman–Crippen LogP) is 1.09. The Kier molecular flexibility index (Phi) is 2.17. The fourth-order valence-corrected chi connectivity index (χ4v) is 1.49. The number of primary amides is 1. The van der Waals surface area contributed by atoms with Gasteiger partial charge in [0.15, 0.2) is 11.4 Å². The summed E-state index contributed by atoms with van der Waals surface area (Å²) in [6.45, 7) is 0. The molecular formula is C9H6ClN3O2. The number of aromatic nitrogens is 2. The first kappa shape index (κ1) is 9.67. The number of aromatic hydroxyl groups is 1. The van der Waals surface area contributed by atoms with E-state index < -0.39 is 5.91 Å². The third kappa shape index (κ3) is 1.46. The highest BCUT2D eigenvalue weighted by atomic mass is 35.5. The maximum atomic E-state index is 10.9. The molecule has 0 aromatic carbocycles. The van der Waals surface area contributed by atoms with Gasteiger partial charge in [0, 0.05) is 11.6 Å². The average molecular weight is 224 g/mol. The monoisotopic (exact) mass is 223 g/mol. The van der Waals surface area contributed by atoms with Crippen LogP contribution < -0.4 is 5.73 Å². The van der Waals surface area contributed by atoms with Gasteiger partial charge in [0.1, 0.15) is 10.7 Å². The van der Waals surface area contributed by atoms with Crippen molar-refractivity contribution in [3.63, 3.8) is 0 Å². The second kappa shape index (κ2) is 3.36. The molecular weight excluding hydrogens is 218 g/mol. The number of nitrogens with zero attached hydrogens (tertiary/aromatic N) is 2. The van der Waals surface area contributed by atoms with Gasteiger partial charge in [-0.05, 0) is 12.1 Å². The highest BCUT2D eigenvalue weighted by Crippen LogP contribution is 2.29. The van der Waals surface area contributed by atoms with E-state index in [4.69, 9.17) is 17.3 Å². The van der Waals surface area contributed by atoms with Crippen molar-refractivity contribution in [1.82, 2.24) is 9.97 Å². The van der Waals surface area contributed by atoms with Crippen molar-refractivity contribution in [3.05, 3.63) is 29.2 Å². The average Bonchev–Trinajstić information content (AvgIpc) is 2.23. The topological polar surface area (TPSA) is 89.1 Å². The molecule has 0 saturated heterocycles. The molecule has 2 aromatic heterocycles. The third-order valence-corrected chi connectivity index (χ3v) is 2.21. The van der Waals surface area contributed by atoms with E-state index in [1.165, 1.54) is 6.20 Å². The van der Waals surface area contributed by atoms with E-state index in [-0.39, 0.29) is 22.1 Å². The van der Waals surface area contributed by atoms with E-state index in [0.717, 1.165) is 0 Å². The van der Waals surface area contributed by atoms with E-state index in [0.29, 0.717) is 5.39 Å². The molecule has 3 N–H and O–H groups in total. The van der Waals surface area contributed by atoms with Gasteiger partial charge in [-0.3, -0.25) is 9.78 Å². The van der Waals surface area contributed by atoms with Gasteiger partial charge < -0.3 is 10.8 Å². The summed E-state index contributed by atoms with van der Waals surface area (Å²) >= 11 is 5.81. The number of fused-ring (bicyclic) bond motifs is 1. The van der Waals surface area contributed by atoms with Crippen molar-refractivity contribution in [1.29, 1.82) is 0 Å². The van der Waals surface area contributed by atoms with E-state index >= 15 is 0 Å². The number of halogens is 1. The Labute approximate surface area is 89.5 Å². The number of pyridine rings is 2. The molecule has 1 amide bonds. The fourth-order valence-electron chi connectivity index (χ4n) is 1.26. The van der Waals surface area contributed by atoms with Crippen molar-refractivity contribution in [2.24, 2.45) is 5.73 Å². The summed E-state index contributed by atoms with van der Waals surface area (Å²) < 4.78 is 0. The second-order valence-electron chi connectivity index (χ2n) is 2.86. The fraction of sp³-hybridized carbons (Fsp3) is 0. The summed E-state index contributed by atoms with van der Waals surface area (Å²) in [5.74, 6) is -1.19. The van der Waals surface area contributed by atoms with Gasteiger partial charge in [0.2, 0.25) is 0 Å². The maximum absolute atomic E-state index is 10.9. The Morgan fingerprint density at radius 2 is 2.27 bits per heavy atom. The lowest BCUT2D eigenvalue weighted by Gasteiger charge is -2.04. The molecule has 2 aromatic rings. The van der Waals surface area contributed by atoms with E-state index in [2.05, 4.69) is 9.97 Å². The number of nitrogens with two attached hydrogens (primary N) is 1. The molecule has 0 saturated carbocycles. The normalized spacial score (nSPS) is 10.5. The molecule has 0 atom stereocenters. The maximum Gasteiger partial charge on any atom is 0.271 e. The number of hydrogen-bond donors (Lipinski definition) is 2. The molecule has 0 unspecified atom stereocenters. The number of amides is 1. The number of carbonyl (C=O) groups is 1. The summed E-state index contributed by atoms with van der Waals surface area (Å²) in [5.41, 5.74) is 4.97. The molecule has 2 heterocycles. The number of hydrogen-bond acceptors (Lipinski definition) is 4. The zero-order valence-corrected chi connectivity index (χ0v) is 8.19. The second-order valence-corrected chi connectivity index (χ2v) is 3.22. The minimum Gasteiger partial charge on any atom is -0.504 e. The van der Waals surface area contributed by atoms with Crippen LogP contribution in [0.5, 0.6) is 5.75 Å². The van der Waals surface area contributed by atoms with Gasteiger partial charge in [-0.15, -0.1) is 0 Å². The Morgan fingerprint density at radius 1 is 1.53 bits per heavy atom. The first-order chi connectivity index (χ1) is 7.11. The molecule has 0 radical (unpaired) electrons. The van der Waals surface area contributed by atoms with Gasteiger partial charge in [-0.1, -0.05) is 11.6 Å². The van der Waals surface area contributed by atoms with Crippen LogP contribution in [0.3, 0.4) is 0 Å². The van der Waals surface area contributed by atoms with Crippen LogP contribution in [0.1, 0.15) is 10.5 Å². The van der Waals surface area contributed by atoms with Crippen LogP contribution in [0, 0.1) is 0 Å². The van der Waals surface area contributed by atoms with Crippen LogP contribution in [-0.2, 0) is 0 Å². The van der Waals surface area contributed by atoms with Gasteiger partial charge in [-0.25, -0.2) is 4.98 Å². The molecule has 76 valence electrons. The lowest BCUT2D eigenvalue weighted by molar-refractivity contribution is 0.0993.